The molecule has 0 radical (unpaired) electrons. The molecule has 0 aliphatic carbocycles. The number of hydrogen-bond acceptors (Lipinski definition) is 5. The molecule has 0 unspecified atom stereocenters. The molecule has 2 aliphatic rings. The van der Waals surface area contributed by atoms with Gasteiger partial charge in [-0.05, 0) is 24.3 Å². The van der Waals surface area contributed by atoms with Crippen molar-refractivity contribution in [3.8, 4) is 0 Å². The third-order valence-corrected chi connectivity index (χ3v) is 5.10. The van der Waals surface area contributed by atoms with E-state index in [0.717, 1.165) is 41.1 Å². The second-order valence-corrected chi connectivity index (χ2v) is 6.79. The van der Waals surface area contributed by atoms with Crippen LogP contribution in [0.1, 0.15) is 22.1 Å². The Hall–Kier alpha value is -3.12. The van der Waals surface area contributed by atoms with Gasteiger partial charge in [-0.1, -0.05) is 30.3 Å². The molecule has 2 N–H and O–H groups in total. The van der Waals surface area contributed by atoms with Gasteiger partial charge in [-0.2, -0.15) is 0 Å². The van der Waals surface area contributed by atoms with E-state index in [2.05, 4.69) is 21.6 Å². The Kier molecular flexibility index (Phi) is 3.90. The molecule has 27 heavy (non-hydrogen) atoms. The van der Waals surface area contributed by atoms with E-state index in [1.807, 2.05) is 48.5 Å². The fourth-order valence-electron chi connectivity index (χ4n) is 3.73. The molecule has 6 heteroatoms. The molecule has 2 aliphatic heterocycles. The number of fused-ring (bicyclic) bond motifs is 2. The van der Waals surface area contributed by atoms with Gasteiger partial charge in [0.15, 0.2) is 0 Å². The molecule has 0 bridgehead atoms. The van der Waals surface area contributed by atoms with Crippen molar-refractivity contribution in [3.05, 3.63) is 65.7 Å². The van der Waals surface area contributed by atoms with Gasteiger partial charge in [-0.3, -0.25) is 4.79 Å². The predicted molar refractivity (Wildman–Crippen MR) is 105 cm³/mol. The Morgan fingerprint density at radius 1 is 1.00 bits per heavy atom. The molecule has 6 nitrogen and oxygen atoms in total. The zero-order valence-corrected chi connectivity index (χ0v) is 14.8. The minimum Gasteiger partial charge on any atom is -0.378 e. The molecule has 5 rings (SSSR count). The maximum Gasteiger partial charge on any atom is 0.255 e. The van der Waals surface area contributed by atoms with Crippen molar-refractivity contribution in [3.63, 3.8) is 0 Å². The molecule has 3 heterocycles. The lowest BCUT2D eigenvalue weighted by atomic mass is 10.0. The van der Waals surface area contributed by atoms with Gasteiger partial charge < -0.3 is 20.3 Å². The van der Waals surface area contributed by atoms with Crippen molar-refractivity contribution < 1.29 is 9.53 Å². The fraction of sp³-hybridized carbons (Fsp3) is 0.238. The van der Waals surface area contributed by atoms with Gasteiger partial charge in [0.2, 0.25) is 0 Å². The maximum absolute atomic E-state index is 12.6. The molecule has 0 saturated carbocycles. The first-order valence-electron chi connectivity index (χ1n) is 9.18. The van der Waals surface area contributed by atoms with Gasteiger partial charge in [0, 0.05) is 29.7 Å². The van der Waals surface area contributed by atoms with Crippen molar-refractivity contribution in [2.45, 2.75) is 6.17 Å². The average Bonchev–Trinajstić information content (AvgIpc) is 2.73. The van der Waals surface area contributed by atoms with E-state index in [1.54, 1.807) is 0 Å². The van der Waals surface area contributed by atoms with Crippen LogP contribution in [-0.2, 0) is 4.74 Å². The molecule has 2 aromatic carbocycles. The Balaban J connectivity index is 1.62. The minimum absolute atomic E-state index is 0.0737. The van der Waals surface area contributed by atoms with Crippen molar-refractivity contribution in [1.82, 2.24) is 10.3 Å². The van der Waals surface area contributed by atoms with E-state index in [1.165, 1.54) is 0 Å². The molecule has 0 spiro atoms. The number of rotatable bonds is 2. The zero-order valence-electron chi connectivity index (χ0n) is 14.8. The summed E-state index contributed by atoms with van der Waals surface area (Å²) in [7, 11) is 0. The first-order chi connectivity index (χ1) is 13.3. The number of pyridine rings is 1. The van der Waals surface area contributed by atoms with E-state index < -0.39 is 0 Å². The number of nitrogens with one attached hydrogen (secondary N) is 2. The number of hydrogen-bond donors (Lipinski definition) is 2. The van der Waals surface area contributed by atoms with Crippen molar-refractivity contribution in [1.29, 1.82) is 0 Å². The van der Waals surface area contributed by atoms with Crippen LogP contribution in [0.2, 0.25) is 0 Å². The average molecular weight is 360 g/mol. The van der Waals surface area contributed by atoms with Crippen molar-refractivity contribution in [2.24, 2.45) is 0 Å². The van der Waals surface area contributed by atoms with Gasteiger partial charge in [-0.15, -0.1) is 0 Å². The van der Waals surface area contributed by atoms with Crippen LogP contribution in [0.15, 0.2) is 54.6 Å². The third kappa shape index (κ3) is 2.88. The Labute approximate surface area is 157 Å². The number of anilines is 2. The smallest absolute Gasteiger partial charge is 0.255 e. The van der Waals surface area contributed by atoms with Crippen LogP contribution in [0, 0.1) is 0 Å². The first-order valence-corrected chi connectivity index (χ1v) is 9.18. The second-order valence-electron chi connectivity index (χ2n) is 6.79. The van der Waals surface area contributed by atoms with Gasteiger partial charge in [0.25, 0.3) is 5.91 Å². The number of aromatic nitrogens is 1. The second kappa shape index (κ2) is 6.55. The number of carbonyl (C=O) groups excluding carboxylic acids is 1. The predicted octanol–water partition coefficient (Wildman–Crippen LogP) is 2.93. The van der Waals surface area contributed by atoms with Crippen molar-refractivity contribution >= 4 is 28.3 Å². The summed E-state index contributed by atoms with van der Waals surface area (Å²) < 4.78 is 5.50. The number of benzene rings is 2. The highest BCUT2D eigenvalue weighted by atomic mass is 16.5. The zero-order chi connectivity index (χ0) is 18.2. The van der Waals surface area contributed by atoms with Crippen LogP contribution < -0.4 is 15.5 Å². The largest absolute Gasteiger partial charge is 0.378 e. The Morgan fingerprint density at radius 3 is 2.67 bits per heavy atom. The molecule has 1 aromatic heterocycles. The highest BCUT2D eigenvalue weighted by molar-refractivity contribution is 6.02. The standard InChI is InChI=1S/C21H20N4O2/c26-21-15-6-2-4-8-18(15)22-19(24-21)16-13-14-5-1-3-7-17(14)23-20(16)25-9-11-27-12-10-25/h1-8,13,19,22H,9-12H2,(H,24,26)/t19-/m0/s1. The number of nitrogens with zero attached hydrogens (tertiary/aromatic N) is 2. The first kappa shape index (κ1) is 16.1. The topological polar surface area (TPSA) is 66.5 Å². The molecule has 1 amide bonds. The summed E-state index contributed by atoms with van der Waals surface area (Å²) in [5, 5.41) is 7.60. The van der Waals surface area contributed by atoms with Crippen LogP contribution in [-0.4, -0.2) is 37.2 Å². The molecule has 136 valence electrons. The van der Waals surface area contributed by atoms with E-state index >= 15 is 0 Å². The molecular weight excluding hydrogens is 340 g/mol. The molecule has 1 fully saturated rings. The summed E-state index contributed by atoms with van der Waals surface area (Å²) in [5.74, 6) is 0.824. The van der Waals surface area contributed by atoms with E-state index in [-0.39, 0.29) is 12.1 Å². The maximum atomic E-state index is 12.6. The molecular formula is C21H20N4O2. The highest BCUT2D eigenvalue weighted by Gasteiger charge is 2.28. The van der Waals surface area contributed by atoms with Gasteiger partial charge in [-0.25, -0.2) is 4.98 Å². The van der Waals surface area contributed by atoms with Crippen molar-refractivity contribution in [2.75, 3.05) is 36.5 Å². The van der Waals surface area contributed by atoms with Gasteiger partial charge in [0.1, 0.15) is 12.0 Å². The Bertz CT molecular complexity index is 1010. The highest BCUT2D eigenvalue weighted by Crippen LogP contribution is 2.33. The normalized spacial score (nSPS) is 19.3. The number of amides is 1. The van der Waals surface area contributed by atoms with E-state index in [4.69, 9.17) is 9.72 Å². The van der Waals surface area contributed by atoms with Crippen LogP contribution in [0.5, 0.6) is 0 Å². The molecule has 3 aromatic rings. The quantitative estimate of drug-likeness (QED) is 0.736. The van der Waals surface area contributed by atoms with Crippen LogP contribution in [0.3, 0.4) is 0 Å². The van der Waals surface area contributed by atoms with E-state index in [0.29, 0.717) is 18.8 Å². The van der Waals surface area contributed by atoms with Crippen LogP contribution >= 0.6 is 0 Å². The lowest BCUT2D eigenvalue weighted by molar-refractivity contribution is 0.0935. The molecule has 1 saturated heterocycles. The molecule has 1 atom stereocenters. The number of morpholine rings is 1. The number of para-hydroxylation sites is 2. The van der Waals surface area contributed by atoms with Gasteiger partial charge >= 0.3 is 0 Å². The summed E-state index contributed by atoms with van der Waals surface area (Å²) >= 11 is 0. The summed E-state index contributed by atoms with van der Waals surface area (Å²) in [6.07, 6.45) is -0.331. The fourth-order valence-corrected chi connectivity index (χ4v) is 3.73. The summed E-state index contributed by atoms with van der Waals surface area (Å²) in [6, 6.07) is 17.8. The summed E-state index contributed by atoms with van der Waals surface area (Å²) in [4.78, 5) is 19.8. The monoisotopic (exact) mass is 360 g/mol. The summed E-state index contributed by atoms with van der Waals surface area (Å²) in [6.45, 7) is 2.94. The SMILES string of the molecule is O=C1N[C@@H](c2cc3ccccc3nc2N2CCOCC2)Nc2ccccc21. The lowest BCUT2D eigenvalue weighted by Gasteiger charge is -2.34. The van der Waals surface area contributed by atoms with E-state index in [9.17, 15) is 4.79 Å². The Morgan fingerprint density at radius 2 is 1.78 bits per heavy atom. The number of carbonyl (C=O) groups is 1. The van der Waals surface area contributed by atoms with Gasteiger partial charge in [0.05, 0.1) is 24.3 Å². The lowest BCUT2D eigenvalue weighted by Crippen LogP contribution is -2.41. The minimum atomic E-state index is -0.331. The third-order valence-electron chi connectivity index (χ3n) is 5.10. The number of ether oxygens (including phenoxy) is 1. The van der Waals surface area contributed by atoms with Crippen LogP contribution in [0.4, 0.5) is 11.5 Å². The summed E-state index contributed by atoms with van der Waals surface area (Å²) in [5.41, 5.74) is 3.42. The van der Waals surface area contributed by atoms with Crippen LogP contribution in [0.25, 0.3) is 10.9 Å².